The zero-order chi connectivity index (χ0) is 24.1. The first-order valence-corrected chi connectivity index (χ1v) is 12.1. The van der Waals surface area contributed by atoms with E-state index in [1.807, 2.05) is 25.2 Å². The molecule has 6 nitrogen and oxygen atoms in total. The highest BCUT2D eigenvalue weighted by Gasteiger charge is 2.25. The number of rotatable bonds is 10. The Hall–Kier alpha value is -3.09. The SMILES string of the molecule is CCc1nc(-c2ccc(OC)cc2Cl)c(CC)nc1NC1=C(OCCNC)Cc2ccccc21. The monoisotopic (exact) mass is 478 g/mol. The second kappa shape index (κ2) is 10.9. The molecule has 1 aromatic heterocycles. The smallest absolute Gasteiger partial charge is 0.152 e. The summed E-state index contributed by atoms with van der Waals surface area (Å²) < 4.78 is 11.5. The number of aryl methyl sites for hydroxylation is 2. The molecular formula is C27H31ClN4O2. The van der Waals surface area contributed by atoms with Gasteiger partial charge in [0, 0.05) is 24.1 Å². The lowest BCUT2D eigenvalue weighted by atomic mass is 10.1. The van der Waals surface area contributed by atoms with Crippen molar-refractivity contribution in [1.82, 2.24) is 15.3 Å². The Kier molecular flexibility index (Phi) is 7.70. The largest absolute Gasteiger partial charge is 0.497 e. The van der Waals surface area contributed by atoms with Gasteiger partial charge in [0.1, 0.15) is 18.1 Å². The van der Waals surface area contributed by atoms with Gasteiger partial charge in [0.2, 0.25) is 0 Å². The minimum atomic E-state index is 0.596. The van der Waals surface area contributed by atoms with Crippen LogP contribution in [0.3, 0.4) is 0 Å². The van der Waals surface area contributed by atoms with Gasteiger partial charge in [-0.1, -0.05) is 49.7 Å². The maximum absolute atomic E-state index is 6.59. The number of aromatic nitrogens is 2. The third-order valence-electron chi connectivity index (χ3n) is 5.93. The molecule has 178 valence electrons. The second-order valence-corrected chi connectivity index (χ2v) is 8.48. The summed E-state index contributed by atoms with van der Waals surface area (Å²) in [7, 11) is 3.55. The molecule has 0 amide bonds. The van der Waals surface area contributed by atoms with E-state index in [0.717, 1.165) is 71.3 Å². The van der Waals surface area contributed by atoms with Crippen LogP contribution in [-0.2, 0) is 24.0 Å². The number of allylic oxidation sites excluding steroid dienone is 1. The fourth-order valence-electron chi connectivity index (χ4n) is 4.11. The van der Waals surface area contributed by atoms with Crippen LogP contribution in [0.25, 0.3) is 17.0 Å². The third kappa shape index (κ3) is 4.88. The summed E-state index contributed by atoms with van der Waals surface area (Å²) in [6, 6.07) is 14.0. The predicted molar refractivity (Wildman–Crippen MR) is 138 cm³/mol. The molecule has 0 atom stereocenters. The van der Waals surface area contributed by atoms with Gasteiger partial charge in [-0.25, -0.2) is 9.97 Å². The Morgan fingerprint density at radius 1 is 1.00 bits per heavy atom. The van der Waals surface area contributed by atoms with E-state index in [0.29, 0.717) is 17.4 Å². The minimum absolute atomic E-state index is 0.596. The van der Waals surface area contributed by atoms with Gasteiger partial charge in [-0.2, -0.15) is 0 Å². The van der Waals surface area contributed by atoms with Crippen LogP contribution in [-0.4, -0.2) is 37.3 Å². The first-order chi connectivity index (χ1) is 16.6. The molecule has 0 unspecified atom stereocenters. The fraction of sp³-hybridized carbons (Fsp3) is 0.333. The van der Waals surface area contributed by atoms with Crippen LogP contribution in [0.15, 0.2) is 48.2 Å². The molecule has 7 heteroatoms. The summed E-state index contributed by atoms with van der Waals surface area (Å²) in [5, 5.41) is 7.32. The highest BCUT2D eigenvalue weighted by molar-refractivity contribution is 6.33. The first kappa shape index (κ1) is 24.0. The summed E-state index contributed by atoms with van der Waals surface area (Å²) in [6.45, 7) is 5.55. The van der Waals surface area contributed by atoms with Crippen LogP contribution in [0.1, 0.15) is 36.4 Å². The molecule has 3 aromatic rings. The van der Waals surface area contributed by atoms with Crippen LogP contribution in [0.4, 0.5) is 5.82 Å². The average molecular weight is 479 g/mol. The third-order valence-corrected chi connectivity index (χ3v) is 6.24. The van der Waals surface area contributed by atoms with Gasteiger partial charge >= 0.3 is 0 Å². The Labute approximate surface area is 206 Å². The molecule has 0 saturated heterocycles. The lowest BCUT2D eigenvalue weighted by molar-refractivity contribution is 0.212. The Morgan fingerprint density at radius 2 is 1.79 bits per heavy atom. The summed E-state index contributed by atoms with van der Waals surface area (Å²) in [5.74, 6) is 2.40. The predicted octanol–water partition coefficient (Wildman–Crippen LogP) is 5.50. The highest BCUT2D eigenvalue weighted by atomic mass is 35.5. The molecule has 1 heterocycles. The van der Waals surface area contributed by atoms with Gasteiger partial charge in [-0.15, -0.1) is 0 Å². The second-order valence-electron chi connectivity index (χ2n) is 8.08. The molecule has 1 aliphatic carbocycles. The number of benzene rings is 2. The maximum atomic E-state index is 6.59. The van der Waals surface area contributed by atoms with Crippen molar-refractivity contribution in [1.29, 1.82) is 0 Å². The molecular weight excluding hydrogens is 448 g/mol. The number of nitrogens with one attached hydrogen (secondary N) is 2. The van der Waals surface area contributed by atoms with Crippen LogP contribution < -0.4 is 15.4 Å². The lowest BCUT2D eigenvalue weighted by Crippen LogP contribution is -2.15. The van der Waals surface area contributed by atoms with Crippen molar-refractivity contribution in [2.75, 3.05) is 32.6 Å². The Balaban J connectivity index is 1.75. The zero-order valence-corrected chi connectivity index (χ0v) is 20.9. The molecule has 34 heavy (non-hydrogen) atoms. The molecule has 2 aromatic carbocycles. The number of likely N-dealkylation sites (N-methyl/N-ethyl adjacent to an activating group) is 1. The molecule has 0 aliphatic heterocycles. The standard InChI is InChI=1S/C27H31ClN4O2/c1-5-22-25(20-12-11-18(33-4)16-21(20)28)30-23(6-2)27(31-22)32-26-19-10-8-7-9-17(19)15-24(26)34-14-13-29-3/h7-12,16,29H,5-6,13-15H2,1-4H3,(H,31,32). The summed E-state index contributed by atoms with van der Waals surface area (Å²) in [4.78, 5) is 10.0. The minimum Gasteiger partial charge on any atom is -0.497 e. The Bertz CT molecular complexity index is 1210. The maximum Gasteiger partial charge on any atom is 0.152 e. The molecule has 0 spiro atoms. The van der Waals surface area contributed by atoms with Gasteiger partial charge in [-0.3, -0.25) is 0 Å². The van der Waals surface area contributed by atoms with Crippen LogP contribution >= 0.6 is 11.6 Å². The first-order valence-electron chi connectivity index (χ1n) is 11.7. The van der Waals surface area contributed by atoms with Gasteiger partial charge in [-0.05, 0) is 43.7 Å². The van der Waals surface area contributed by atoms with Gasteiger partial charge < -0.3 is 20.1 Å². The fourth-order valence-corrected chi connectivity index (χ4v) is 4.37. The quantitative estimate of drug-likeness (QED) is 0.375. The van der Waals surface area contributed by atoms with Crippen molar-refractivity contribution < 1.29 is 9.47 Å². The summed E-state index contributed by atoms with van der Waals surface area (Å²) in [6.07, 6.45) is 2.22. The van der Waals surface area contributed by atoms with E-state index in [1.54, 1.807) is 7.11 Å². The van der Waals surface area contributed by atoms with Crippen molar-refractivity contribution in [2.45, 2.75) is 33.1 Å². The normalized spacial score (nSPS) is 12.6. The van der Waals surface area contributed by atoms with E-state index in [4.69, 9.17) is 31.0 Å². The van der Waals surface area contributed by atoms with Crippen molar-refractivity contribution in [3.63, 3.8) is 0 Å². The van der Waals surface area contributed by atoms with E-state index in [9.17, 15) is 0 Å². The van der Waals surface area contributed by atoms with Gasteiger partial charge in [0.05, 0.1) is 34.9 Å². The topological polar surface area (TPSA) is 68.3 Å². The number of halogens is 1. The number of methoxy groups -OCH3 is 1. The molecule has 1 aliphatic rings. The zero-order valence-electron chi connectivity index (χ0n) is 20.2. The molecule has 0 saturated carbocycles. The number of hydrogen-bond donors (Lipinski definition) is 2. The molecule has 0 bridgehead atoms. The lowest BCUT2D eigenvalue weighted by Gasteiger charge is -2.17. The summed E-state index contributed by atoms with van der Waals surface area (Å²) in [5.41, 5.74) is 6.78. The van der Waals surface area contributed by atoms with Crippen LogP contribution in [0, 0.1) is 0 Å². The van der Waals surface area contributed by atoms with E-state index in [-0.39, 0.29) is 0 Å². The van der Waals surface area contributed by atoms with Crippen molar-refractivity contribution in [3.05, 3.63) is 75.8 Å². The van der Waals surface area contributed by atoms with E-state index in [1.165, 1.54) is 5.56 Å². The van der Waals surface area contributed by atoms with Crippen molar-refractivity contribution >= 4 is 23.1 Å². The van der Waals surface area contributed by atoms with E-state index in [2.05, 4.69) is 48.7 Å². The number of hydrogen-bond acceptors (Lipinski definition) is 6. The molecule has 4 rings (SSSR count). The Morgan fingerprint density at radius 3 is 2.50 bits per heavy atom. The van der Waals surface area contributed by atoms with Crippen LogP contribution in [0.2, 0.25) is 5.02 Å². The van der Waals surface area contributed by atoms with Gasteiger partial charge in [0.25, 0.3) is 0 Å². The van der Waals surface area contributed by atoms with E-state index < -0.39 is 0 Å². The van der Waals surface area contributed by atoms with Crippen molar-refractivity contribution in [3.8, 4) is 17.0 Å². The molecule has 0 radical (unpaired) electrons. The summed E-state index contributed by atoms with van der Waals surface area (Å²) >= 11 is 6.59. The van der Waals surface area contributed by atoms with Crippen LogP contribution in [0.5, 0.6) is 5.75 Å². The molecule has 2 N–H and O–H groups in total. The highest BCUT2D eigenvalue weighted by Crippen LogP contribution is 2.36. The number of fused-ring (bicyclic) bond motifs is 1. The molecule has 0 fully saturated rings. The van der Waals surface area contributed by atoms with Crippen molar-refractivity contribution in [2.24, 2.45) is 0 Å². The van der Waals surface area contributed by atoms with E-state index >= 15 is 0 Å². The number of ether oxygens (including phenoxy) is 2. The van der Waals surface area contributed by atoms with Gasteiger partial charge in [0.15, 0.2) is 5.82 Å². The number of anilines is 1. The number of nitrogens with zero attached hydrogens (tertiary/aromatic N) is 2. The average Bonchev–Trinajstić information content (AvgIpc) is 3.21.